The first-order chi connectivity index (χ1) is 18.7. The number of likely N-dealkylation sites (N-methyl/N-ethyl adjacent to an activating group) is 1. The second-order valence-corrected chi connectivity index (χ2v) is 10.5. The van der Waals surface area contributed by atoms with E-state index in [1.165, 1.54) is 0 Å². The van der Waals surface area contributed by atoms with Crippen LogP contribution in [0.3, 0.4) is 0 Å². The van der Waals surface area contributed by atoms with E-state index in [2.05, 4.69) is 71.7 Å². The van der Waals surface area contributed by atoms with Crippen LogP contribution >= 0.6 is 0 Å². The molecule has 4 aromatic rings. The van der Waals surface area contributed by atoms with Crippen molar-refractivity contribution in [3.8, 4) is 11.4 Å². The lowest BCUT2D eigenvalue weighted by Crippen LogP contribution is -2.55. The van der Waals surface area contributed by atoms with Gasteiger partial charge in [-0.3, -0.25) is 14.8 Å². The van der Waals surface area contributed by atoms with Crippen LogP contribution in [0.25, 0.3) is 22.3 Å². The van der Waals surface area contributed by atoms with Gasteiger partial charge in [0.15, 0.2) is 0 Å². The Morgan fingerprint density at radius 2 is 1.85 bits per heavy atom. The van der Waals surface area contributed by atoms with Gasteiger partial charge in [-0.1, -0.05) is 5.10 Å². The molecule has 3 aromatic heterocycles. The number of rotatable bonds is 4. The maximum absolute atomic E-state index is 13.5. The van der Waals surface area contributed by atoms with Gasteiger partial charge >= 0.3 is 0 Å². The maximum Gasteiger partial charge on any atom is 0.255 e. The summed E-state index contributed by atoms with van der Waals surface area (Å²) >= 11 is 0. The lowest BCUT2D eigenvalue weighted by molar-refractivity contribution is -0.113. The third-order valence-corrected chi connectivity index (χ3v) is 8.10. The zero-order chi connectivity index (χ0) is 27.4. The highest BCUT2D eigenvalue weighted by atomic mass is 16.1. The van der Waals surface area contributed by atoms with Gasteiger partial charge in [-0.2, -0.15) is 5.10 Å². The van der Waals surface area contributed by atoms with Crippen molar-refractivity contribution in [2.75, 3.05) is 42.3 Å². The number of piperazine rings is 1. The molecule has 2 aliphatic rings. The minimum Gasteiger partial charge on any atom is -0.353 e. The number of H-pyrrole nitrogens is 1. The number of nitrogens with one attached hydrogen (secondary N) is 2. The molecule has 0 bridgehead atoms. The SMILES string of the molecule is CC1=C(C(=O)Nc2ccc3[nH]nc(-c4cc(N5C[C@@H](C)N(C)[C@@H](C)C5)ncn4)c3c2)C(C)n2nnnc2N1C. The van der Waals surface area contributed by atoms with Gasteiger partial charge in [0.25, 0.3) is 5.91 Å². The average Bonchev–Trinajstić information content (AvgIpc) is 3.58. The number of hydrogen-bond acceptors (Lipinski definition) is 10. The van der Waals surface area contributed by atoms with Crippen LogP contribution in [0.5, 0.6) is 0 Å². The van der Waals surface area contributed by atoms with E-state index in [0.717, 1.165) is 41.2 Å². The molecule has 202 valence electrons. The molecule has 39 heavy (non-hydrogen) atoms. The standard InChI is InChI=1S/C26H32N12O/c1-14-11-37(12-15(2)35(14)5)22-10-21(27-13-28-22)24-19-9-18(7-8-20(19)30-31-24)29-25(39)23-16(3)36(6)26-32-33-34-38(26)17(23)4/h7-10,13-15,17H,11-12H2,1-6H3,(H,29,39)(H,30,31)/t14-,15+,17?. The lowest BCUT2D eigenvalue weighted by atomic mass is 10.0. The molecule has 3 atom stereocenters. The van der Waals surface area contributed by atoms with Crippen molar-refractivity contribution in [3.63, 3.8) is 0 Å². The van der Waals surface area contributed by atoms with E-state index in [0.29, 0.717) is 35.0 Å². The maximum atomic E-state index is 13.5. The fourth-order valence-electron chi connectivity index (χ4n) is 5.50. The zero-order valence-electron chi connectivity index (χ0n) is 22.9. The van der Waals surface area contributed by atoms with Gasteiger partial charge in [-0.15, -0.1) is 0 Å². The molecule has 6 rings (SSSR count). The zero-order valence-corrected chi connectivity index (χ0v) is 22.9. The molecule has 2 aliphatic heterocycles. The third-order valence-electron chi connectivity index (χ3n) is 8.10. The molecule has 0 aliphatic carbocycles. The van der Waals surface area contributed by atoms with Crippen molar-refractivity contribution in [1.29, 1.82) is 0 Å². The van der Waals surface area contributed by atoms with Gasteiger partial charge in [0.05, 0.1) is 22.8 Å². The first-order valence-electron chi connectivity index (χ1n) is 13.0. The van der Waals surface area contributed by atoms with Gasteiger partial charge in [0.1, 0.15) is 17.8 Å². The number of anilines is 3. The monoisotopic (exact) mass is 528 g/mol. The number of amides is 1. The van der Waals surface area contributed by atoms with Crippen LogP contribution in [0.15, 0.2) is 41.9 Å². The summed E-state index contributed by atoms with van der Waals surface area (Å²) in [6.07, 6.45) is 1.59. The fraction of sp³-hybridized carbons (Fsp3) is 0.423. The largest absolute Gasteiger partial charge is 0.353 e. The van der Waals surface area contributed by atoms with Crippen molar-refractivity contribution < 1.29 is 4.79 Å². The Morgan fingerprint density at radius 3 is 2.62 bits per heavy atom. The topological polar surface area (TPSA) is 137 Å². The van der Waals surface area contributed by atoms with Crippen molar-refractivity contribution in [1.82, 2.24) is 45.3 Å². The number of aromatic nitrogens is 8. The molecule has 0 radical (unpaired) electrons. The molecular weight excluding hydrogens is 496 g/mol. The van der Waals surface area contributed by atoms with Crippen molar-refractivity contribution >= 4 is 34.3 Å². The molecule has 1 amide bonds. The van der Waals surface area contributed by atoms with Gasteiger partial charge in [-0.05, 0) is 63.4 Å². The minimum absolute atomic E-state index is 0.208. The Kier molecular flexibility index (Phi) is 6.02. The Hall–Kier alpha value is -4.39. The third kappa shape index (κ3) is 4.18. The smallest absolute Gasteiger partial charge is 0.255 e. The second kappa shape index (κ2) is 9.42. The lowest BCUT2D eigenvalue weighted by Gasteiger charge is -2.42. The molecule has 1 fully saturated rings. The molecule has 5 heterocycles. The summed E-state index contributed by atoms with van der Waals surface area (Å²) in [5.41, 5.74) is 4.34. The normalized spacial score (nSPS) is 21.9. The van der Waals surface area contributed by atoms with Crippen LogP contribution in [-0.2, 0) is 4.79 Å². The number of fused-ring (bicyclic) bond motifs is 2. The Balaban J connectivity index is 1.28. The quantitative estimate of drug-likeness (QED) is 0.406. The van der Waals surface area contributed by atoms with Gasteiger partial charge in [-0.25, -0.2) is 14.6 Å². The van der Waals surface area contributed by atoms with E-state index in [-0.39, 0.29) is 11.9 Å². The number of carbonyl (C=O) groups is 1. The van der Waals surface area contributed by atoms with Gasteiger partial charge < -0.3 is 15.1 Å². The van der Waals surface area contributed by atoms with Gasteiger partial charge in [0, 0.05) is 55.1 Å². The van der Waals surface area contributed by atoms with Crippen LogP contribution in [0.2, 0.25) is 0 Å². The van der Waals surface area contributed by atoms with Crippen LogP contribution < -0.4 is 15.1 Å². The van der Waals surface area contributed by atoms with Crippen molar-refractivity contribution in [3.05, 3.63) is 41.9 Å². The van der Waals surface area contributed by atoms with Crippen LogP contribution in [0.1, 0.15) is 33.7 Å². The Morgan fingerprint density at radius 1 is 1.08 bits per heavy atom. The van der Waals surface area contributed by atoms with E-state index >= 15 is 0 Å². The summed E-state index contributed by atoms with van der Waals surface area (Å²) < 4.78 is 1.65. The number of aromatic amines is 1. The first kappa shape index (κ1) is 24.9. The first-order valence-corrected chi connectivity index (χ1v) is 13.0. The van der Waals surface area contributed by atoms with Crippen molar-refractivity contribution in [2.45, 2.75) is 45.8 Å². The number of allylic oxidation sites excluding steroid dienone is 1. The molecule has 13 nitrogen and oxygen atoms in total. The summed E-state index contributed by atoms with van der Waals surface area (Å²) in [7, 11) is 4.01. The van der Waals surface area contributed by atoms with Crippen LogP contribution in [0.4, 0.5) is 17.5 Å². The molecule has 0 saturated carbocycles. The Bertz CT molecular complexity index is 1580. The summed E-state index contributed by atoms with van der Waals surface area (Å²) in [6.45, 7) is 10.1. The van der Waals surface area contributed by atoms with Gasteiger partial charge in [0.2, 0.25) is 5.95 Å². The molecule has 13 heteroatoms. The molecule has 1 saturated heterocycles. The minimum atomic E-state index is -0.307. The van der Waals surface area contributed by atoms with E-state index in [4.69, 9.17) is 0 Å². The number of hydrogen-bond donors (Lipinski definition) is 2. The van der Waals surface area contributed by atoms with E-state index in [9.17, 15) is 4.79 Å². The van der Waals surface area contributed by atoms with Crippen LogP contribution in [-0.4, -0.2) is 90.4 Å². The number of nitrogens with zero attached hydrogens (tertiary/aromatic N) is 10. The number of benzene rings is 1. The average molecular weight is 529 g/mol. The van der Waals surface area contributed by atoms with Crippen LogP contribution in [0, 0.1) is 0 Å². The summed E-state index contributed by atoms with van der Waals surface area (Å²) in [5.74, 6) is 1.28. The van der Waals surface area contributed by atoms with Crippen molar-refractivity contribution in [2.24, 2.45) is 0 Å². The second-order valence-electron chi connectivity index (χ2n) is 10.5. The molecule has 1 unspecified atom stereocenters. The van der Waals surface area contributed by atoms with E-state index < -0.39 is 0 Å². The summed E-state index contributed by atoms with van der Waals surface area (Å²) in [5, 5.41) is 23.5. The summed E-state index contributed by atoms with van der Waals surface area (Å²) in [6, 6.07) is 8.20. The van der Waals surface area contributed by atoms with E-state index in [1.807, 2.05) is 50.1 Å². The molecule has 0 spiro atoms. The summed E-state index contributed by atoms with van der Waals surface area (Å²) in [4.78, 5) is 29.1. The molecular formula is C26H32N12O. The number of carbonyl (C=O) groups excluding carboxylic acids is 1. The predicted molar refractivity (Wildman–Crippen MR) is 148 cm³/mol. The highest BCUT2D eigenvalue weighted by Gasteiger charge is 2.33. The Labute approximate surface area is 225 Å². The molecule has 2 N–H and O–H groups in total. The van der Waals surface area contributed by atoms with E-state index in [1.54, 1.807) is 11.0 Å². The fourth-order valence-corrected chi connectivity index (χ4v) is 5.50. The highest BCUT2D eigenvalue weighted by molar-refractivity contribution is 6.07. The molecule has 1 aromatic carbocycles. The number of tetrazole rings is 1. The highest BCUT2D eigenvalue weighted by Crippen LogP contribution is 2.34. The predicted octanol–water partition coefficient (Wildman–Crippen LogP) is 2.46.